The number of furan rings is 1. The number of fused-ring (bicyclic) bond motifs is 8. The first kappa shape index (κ1) is 33.3. The van der Waals surface area contributed by atoms with Gasteiger partial charge in [0.1, 0.15) is 11.2 Å². The summed E-state index contributed by atoms with van der Waals surface area (Å²) in [7, 11) is 0. The van der Waals surface area contributed by atoms with Gasteiger partial charge < -0.3 is 13.9 Å². The molecule has 0 saturated carbocycles. The van der Waals surface area contributed by atoms with Crippen molar-refractivity contribution >= 4 is 82.4 Å². The van der Waals surface area contributed by atoms with Crippen LogP contribution in [0.15, 0.2) is 223 Å². The average molecular weight is 753 g/mol. The molecule has 2 aromatic heterocycles. The smallest absolute Gasteiger partial charge is 0.137 e. The van der Waals surface area contributed by atoms with Crippen molar-refractivity contribution < 1.29 is 4.42 Å². The first-order valence-electron chi connectivity index (χ1n) is 20.2. The van der Waals surface area contributed by atoms with Crippen molar-refractivity contribution in [3.8, 4) is 27.9 Å². The number of anilines is 3. The summed E-state index contributed by atoms with van der Waals surface area (Å²) >= 11 is 0. The molecule has 3 nitrogen and oxygen atoms in total. The highest BCUT2D eigenvalue weighted by Crippen LogP contribution is 2.46. The minimum atomic E-state index is 0.858. The quantitative estimate of drug-likeness (QED) is 0.169. The van der Waals surface area contributed by atoms with Crippen LogP contribution in [0.4, 0.5) is 17.1 Å². The second kappa shape index (κ2) is 13.4. The van der Waals surface area contributed by atoms with Crippen molar-refractivity contribution in [1.29, 1.82) is 0 Å². The highest BCUT2D eigenvalue weighted by Gasteiger charge is 2.23. The van der Waals surface area contributed by atoms with Gasteiger partial charge in [0.15, 0.2) is 0 Å². The van der Waals surface area contributed by atoms with Crippen molar-refractivity contribution in [2.24, 2.45) is 0 Å². The maximum absolute atomic E-state index is 6.52. The lowest BCUT2D eigenvalue weighted by Gasteiger charge is -2.27. The van der Waals surface area contributed by atoms with Gasteiger partial charge >= 0.3 is 0 Å². The van der Waals surface area contributed by atoms with E-state index in [1.807, 2.05) is 12.1 Å². The zero-order chi connectivity index (χ0) is 38.9. The van der Waals surface area contributed by atoms with E-state index in [-0.39, 0.29) is 0 Å². The molecule has 2 heterocycles. The predicted molar refractivity (Wildman–Crippen MR) is 249 cm³/mol. The average Bonchev–Trinajstić information content (AvgIpc) is 3.84. The topological polar surface area (TPSA) is 21.3 Å². The molecule has 0 saturated heterocycles. The fourth-order valence-electron chi connectivity index (χ4n) is 9.27. The first-order valence-corrected chi connectivity index (χ1v) is 20.2. The summed E-state index contributed by atoms with van der Waals surface area (Å²) in [5, 5.41) is 9.56. The van der Waals surface area contributed by atoms with Crippen molar-refractivity contribution in [3.05, 3.63) is 218 Å². The molecule has 276 valence electrons. The van der Waals surface area contributed by atoms with Crippen LogP contribution in [0.5, 0.6) is 0 Å². The lowest BCUT2D eigenvalue weighted by atomic mass is 9.91. The fourth-order valence-corrected chi connectivity index (χ4v) is 9.27. The Kier molecular flexibility index (Phi) is 7.54. The van der Waals surface area contributed by atoms with Crippen LogP contribution in [0.2, 0.25) is 0 Å². The van der Waals surface area contributed by atoms with Gasteiger partial charge in [0.2, 0.25) is 0 Å². The second-order valence-corrected chi connectivity index (χ2v) is 15.3. The standard InChI is InChI=1S/C56H36N2O/c1-3-14-37(15-4-1)45-23-11-18-39-19-12-24-46(55(39)45)38-28-30-43(31-29-38)57(44-32-33-48-47-22-9-10-27-53(47)59-54(48)36-44)51-26-13-25-49-50-34-40-16-7-8-17-41(40)35-52(50)58(56(49)51)42-20-5-2-6-21-42/h1-36H. The molecule has 0 atom stereocenters. The maximum atomic E-state index is 6.52. The number of hydrogen-bond donors (Lipinski definition) is 0. The third-order valence-electron chi connectivity index (χ3n) is 11.9. The van der Waals surface area contributed by atoms with Gasteiger partial charge in [0, 0.05) is 44.7 Å². The van der Waals surface area contributed by atoms with Gasteiger partial charge in [-0.05, 0) is 104 Å². The van der Waals surface area contributed by atoms with E-state index >= 15 is 0 Å². The van der Waals surface area contributed by atoms with Gasteiger partial charge in [-0.3, -0.25) is 0 Å². The van der Waals surface area contributed by atoms with Crippen LogP contribution in [0.3, 0.4) is 0 Å². The highest BCUT2D eigenvalue weighted by atomic mass is 16.3. The molecule has 0 unspecified atom stereocenters. The predicted octanol–water partition coefficient (Wildman–Crippen LogP) is 15.8. The number of nitrogens with zero attached hydrogens (tertiary/aromatic N) is 2. The van der Waals surface area contributed by atoms with E-state index in [1.54, 1.807) is 0 Å². The largest absolute Gasteiger partial charge is 0.456 e. The van der Waals surface area contributed by atoms with Crippen molar-refractivity contribution in [1.82, 2.24) is 4.57 Å². The van der Waals surface area contributed by atoms with Crippen LogP contribution < -0.4 is 4.90 Å². The summed E-state index contributed by atoms with van der Waals surface area (Å²) in [4.78, 5) is 2.40. The SMILES string of the molecule is c1ccc(-c2cccc3cccc(-c4ccc(N(c5ccc6c(c5)oc5ccccc56)c5cccc6c7cc8ccccc8cc7n(-c7ccccc7)c56)cc4)c23)cc1. The molecular weight excluding hydrogens is 717 g/mol. The molecule has 0 bridgehead atoms. The number of para-hydroxylation sites is 3. The summed E-state index contributed by atoms with van der Waals surface area (Å²) in [5.41, 5.74) is 13.1. The zero-order valence-electron chi connectivity index (χ0n) is 32.1. The van der Waals surface area contributed by atoms with Gasteiger partial charge in [-0.25, -0.2) is 0 Å². The Morgan fingerprint density at radius 1 is 0.373 bits per heavy atom. The minimum absolute atomic E-state index is 0.858. The third kappa shape index (κ3) is 5.36. The molecule has 12 aromatic rings. The van der Waals surface area contributed by atoms with Crippen LogP contribution in [0, 0.1) is 0 Å². The first-order chi connectivity index (χ1) is 29.3. The summed E-state index contributed by atoms with van der Waals surface area (Å²) in [6.07, 6.45) is 0. The Bertz CT molecular complexity index is 3540. The van der Waals surface area contributed by atoms with Gasteiger partial charge in [0.05, 0.1) is 16.7 Å². The van der Waals surface area contributed by atoms with E-state index in [1.165, 1.54) is 60.1 Å². The Morgan fingerprint density at radius 2 is 0.966 bits per heavy atom. The van der Waals surface area contributed by atoms with E-state index in [4.69, 9.17) is 4.42 Å². The Labute approximate surface area is 341 Å². The molecular formula is C56H36N2O. The van der Waals surface area contributed by atoms with E-state index in [0.29, 0.717) is 0 Å². The fraction of sp³-hybridized carbons (Fsp3) is 0. The van der Waals surface area contributed by atoms with Gasteiger partial charge in [-0.1, -0.05) is 152 Å². The number of rotatable bonds is 6. The van der Waals surface area contributed by atoms with Crippen LogP contribution >= 0.6 is 0 Å². The molecule has 0 radical (unpaired) electrons. The molecule has 0 aliphatic heterocycles. The third-order valence-corrected chi connectivity index (χ3v) is 11.9. The molecule has 12 rings (SSSR count). The molecule has 3 heteroatoms. The normalized spacial score (nSPS) is 11.7. The van der Waals surface area contributed by atoms with Crippen LogP contribution in [0.25, 0.3) is 93.2 Å². The maximum Gasteiger partial charge on any atom is 0.137 e. The summed E-state index contributed by atoms with van der Waals surface area (Å²) in [5.74, 6) is 0. The van der Waals surface area contributed by atoms with Crippen molar-refractivity contribution in [2.75, 3.05) is 4.90 Å². The molecule has 59 heavy (non-hydrogen) atoms. The van der Waals surface area contributed by atoms with E-state index in [0.717, 1.165) is 50.2 Å². The Balaban J connectivity index is 1.11. The minimum Gasteiger partial charge on any atom is -0.456 e. The summed E-state index contributed by atoms with van der Waals surface area (Å²) < 4.78 is 8.96. The van der Waals surface area contributed by atoms with E-state index in [2.05, 4.69) is 216 Å². The van der Waals surface area contributed by atoms with Gasteiger partial charge in [0.25, 0.3) is 0 Å². The monoisotopic (exact) mass is 752 g/mol. The Morgan fingerprint density at radius 3 is 1.75 bits per heavy atom. The van der Waals surface area contributed by atoms with Crippen LogP contribution in [0.1, 0.15) is 0 Å². The molecule has 0 N–H and O–H groups in total. The zero-order valence-corrected chi connectivity index (χ0v) is 32.1. The summed E-state index contributed by atoms with van der Waals surface area (Å²) in [6.45, 7) is 0. The number of benzene rings is 10. The number of hydrogen-bond acceptors (Lipinski definition) is 2. The Hall–Kier alpha value is -7.88. The van der Waals surface area contributed by atoms with Gasteiger partial charge in [-0.2, -0.15) is 0 Å². The van der Waals surface area contributed by atoms with Crippen LogP contribution in [-0.4, -0.2) is 4.57 Å². The molecule has 0 fully saturated rings. The summed E-state index contributed by atoms with van der Waals surface area (Å²) in [6, 6.07) is 78.8. The highest BCUT2D eigenvalue weighted by molar-refractivity contribution is 6.18. The van der Waals surface area contributed by atoms with Crippen molar-refractivity contribution in [3.63, 3.8) is 0 Å². The number of aromatic nitrogens is 1. The molecule has 0 spiro atoms. The van der Waals surface area contributed by atoms with E-state index < -0.39 is 0 Å². The van der Waals surface area contributed by atoms with Crippen molar-refractivity contribution in [2.45, 2.75) is 0 Å². The molecule has 0 aliphatic rings. The van der Waals surface area contributed by atoms with Crippen LogP contribution in [-0.2, 0) is 0 Å². The molecule has 0 amide bonds. The molecule has 10 aromatic carbocycles. The lowest BCUT2D eigenvalue weighted by molar-refractivity contribution is 0.669. The lowest BCUT2D eigenvalue weighted by Crippen LogP contribution is -2.11. The second-order valence-electron chi connectivity index (χ2n) is 15.3. The van der Waals surface area contributed by atoms with Gasteiger partial charge in [-0.15, -0.1) is 0 Å². The molecule has 0 aliphatic carbocycles. The van der Waals surface area contributed by atoms with E-state index in [9.17, 15) is 0 Å².